The van der Waals surface area contributed by atoms with Crippen LogP contribution in [0.1, 0.15) is 32.4 Å². The Bertz CT molecular complexity index is 606. The Labute approximate surface area is 126 Å². The van der Waals surface area contributed by atoms with Crippen LogP contribution in [0.3, 0.4) is 0 Å². The minimum atomic E-state index is -4.60. The van der Waals surface area contributed by atoms with Gasteiger partial charge in [-0.1, -0.05) is 0 Å². The fourth-order valence-corrected chi connectivity index (χ4v) is 3.70. The first-order valence-corrected chi connectivity index (χ1v) is 8.27. The van der Waals surface area contributed by atoms with Gasteiger partial charge in [0.2, 0.25) is 10.0 Å². The number of sulfonamides is 1. The third-order valence-electron chi connectivity index (χ3n) is 3.36. The summed E-state index contributed by atoms with van der Waals surface area (Å²) in [5.41, 5.74) is -1.13. The van der Waals surface area contributed by atoms with Crippen molar-refractivity contribution < 1.29 is 26.3 Å². The fourth-order valence-electron chi connectivity index (χ4n) is 2.50. The quantitative estimate of drug-likeness (QED) is 0.918. The van der Waals surface area contributed by atoms with E-state index in [4.69, 9.17) is 4.74 Å². The molecule has 0 spiro atoms. The average Bonchev–Trinajstić information content (AvgIpc) is 2.36. The zero-order valence-corrected chi connectivity index (χ0v) is 12.9. The topological polar surface area (TPSA) is 68.3 Å². The van der Waals surface area contributed by atoms with E-state index < -0.39 is 21.9 Å². The Morgan fingerprint density at radius 1 is 1.23 bits per heavy atom. The highest BCUT2D eigenvalue weighted by molar-refractivity contribution is 7.89. The van der Waals surface area contributed by atoms with Crippen LogP contribution in [0.15, 0.2) is 23.2 Å². The molecule has 0 bridgehead atoms. The molecule has 124 valence electrons. The SMILES string of the molecule is C[C@@H]1CC(NS(=O)(=O)c2ccc(C(F)(F)F)nc2)C[C@@H](C)O1. The van der Waals surface area contributed by atoms with Gasteiger partial charge in [0.25, 0.3) is 0 Å². The molecular formula is C13H17F3N2O3S. The Hall–Kier alpha value is -1.19. The van der Waals surface area contributed by atoms with Crippen molar-refractivity contribution in [2.45, 2.75) is 56.0 Å². The number of aromatic nitrogens is 1. The molecule has 0 amide bonds. The van der Waals surface area contributed by atoms with E-state index in [1.807, 2.05) is 13.8 Å². The third-order valence-corrected chi connectivity index (χ3v) is 4.86. The van der Waals surface area contributed by atoms with Crippen LogP contribution in [0.2, 0.25) is 0 Å². The lowest BCUT2D eigenvalue weighted by atomic mass is 10.0. The van der Waals surface area contributed by atoms with Crippen molar-refractivity contribution in [3.63, 3.8) is 0 Å². The van der Waals surface area contributed by atoms with E-state index in [0.29, 0.717) is 18.9 Å². The number of ether oxygens (including phenoxy) is 1. The number of rotatable bonds is 3. The minimum Gasteiger partial charge on any atom is -0.375 e. The summed E-state index contributed by atoms with van der Waals surface area (Å²) in [5, 5.41) is 0. The maximum absolute atomic E-state index is 12.4. The maximum Gasteiger partial charge on any atom is 0.433 e. The Morgan fingerprint density at radius 2 is 1.82 bits per heavy atom. The van der Waals surface area contributed by atoms with Crippen molar-refractivity contribution in [2.24, 2.45) is 0 Å². The smallest absolute Gasteiger partial charge is 0.375 e. The van der Waals surface area contributed by atoms with Gasteiger partial charge in [-0.15, -0.1) is 0 Å². The van der Waals surface area contributed by atoms with Gasteiger partial charge >= 0.3 is 6.18 Å². The van der Waals surface area contributed by atoms with E-state index in [1.165, 1.54) is 0 Å². The van der Waals surface area contributed by atoms with Gasteiger partial charge in [0.05, 0.1) is 12.2 Å². The van der Waals surface area contributed by atoms with Crippen molar-refractivity contribution >= 4 is 10.0 Å². The molecule has 0 aromatic carbocycles. The summed E-state index contributed by atoms with van der Waals surface area (Å²) >= 11 is 0. The molecule has 9 heteroatoms. The Morgan fingerprint density at radius 3 is 2.27 bits per heavy atom. The summed E-state index contributed by atoms with van der Waals surface area (Å²) in [5.74, 6) is 0. The van der Waals surface area contributed by atoms with Gasteiger partial charge in [0.15, 0.2) is 0 Å². The van der Waals surface area contributed by atoms with Gasteiger partial charge in [-0.05, 0) is 38.8 Å². The second kappa shape index (κ2) is 6.13. The first-order chi connectivity index (χ1) is 10.1. The largest absolute Gasteiger partial charge is 0.433 e. The third kappa shape index (κ3) is 4.17. The van der Waals surface area contributed by atoms with Gasteiger partial charge in [-0.2, -0.15) is 13.2 Å². The highest BCUT2D eigenvalue weighted by Crippen LogP contribution is 2.28. The number of hydrogen-bond donors (Lipinski definition) is 1. The predicted octanol–water partition coefficient (Wildman–Crippen LogP) is 2.33. The molecule has 0 unspecified atom stereocenters. The zero-order valence-electron chi connectivity index (χ0n) is 12.1. The van der Waals surface area contributed by atoms with Crippen molar-refractivity contribution in [1.29, 1.82) is 0 Å². The Kier molecular flexibility index (Phi) is 4.78. The highest BCUT2D eigenvalue weighted by Gasteiger charge is 2.33. The monoisotopic (exact) mass is 338 g/mol. The van der Waals surface area contributed by atoms with Crippen LogP contribution in [0.25, 0.3) is 0 Å². The van der Waals surface area contributed by atoms with E-state index in [9.17, 15) is 21.6 Å². The average molecular weight is 338 g/mol. The second-order valence-corrected chi connectivity index (χ2v) is 7.14. The normalized spacial score (nSPS) is 26.9. The van der Waals surface area contributed by atoms with E-state index in [1.54, 1.807) is 0 Å². The molecule has 22 heavy (non-hydrogen) atoms. The molecule has 1 aliphatic heterocycles. The molecule has 1 saturated heterocycles. The predicted molar refractivity (Wildman–Crippen MR) is 72.6 cm³/mol. The van der Waals surface area contributed by atoms with Crippen molar-refractivity contribution in [3.8, 4) is 0 Å². The first kappa shape index (κ1) is 17.2. The van der Waals surface area contributed by atoms with Gasteiger partial charge in [-0.3, -0.25) is 4.98 Å². The molecule has 1 fully saturated rings. The minimum absolute atomic E-state index is 0.0813. The zero-order chi connectivity index (χ0) is 16.5. The number of alkyl halides is 3. The lowest BCUT2D eigenvalue weighted by Gasteiger charge is -2.32. The van der Waals surface area contributed by atoms with E-state index in [0.717, 1.165) is 12.3 Å². The van der Waals surface area contributed by atoms with Crippen LogP contribution < -0.4 is 4.72 Å². The molecule has 1 aromatic heterocycles. The molecular weight excluding hydrogens is 321 g/mol. The molecule has 2 heterocycles. The van der Waals surface area contributed by atoms with Gasteiger partial charge in [0, 0.05) is 12.2 Å². The van der Waals surface area contributed by atoms with Gasteiger partial charge < -0.3 is 4.74 Å². The Balaban J connectivity index is 2.13. The molecule has 1 aromatic rings. The second-order valence-electron chi connectivity index (χ2n) is 5.42. The van der Waals surface area contributed by atoms with Gasteiger partial charge in [0.1, 0.15) is 10.6 Å². The number of nitrogens with one attached hydrogen (secondary N) is 1. The van der Waals surface area contributed by atoms with E-state index in [-0.39, 0.29) is 23.1 Å². The van der Waals surface area contributed by atoms with Crippen LogP contribution in [-0.4, -0.2) is 31.7 Å². The molecule has 2 atom stereocenters. The van der Waals surface area contributed by atoms with Crippen molar-refractivity contribution in [2.75, 3.05) is 0 Å². The molecule has 0 saturated carbocycles. The summed E-state index contributed by atoms with van der Waals surface area (Å²) < 4.78 is 69.7. The van der Waals surface area contributed by atoms with Crippen LogP contribution in [0, 0.1) is 0 Å². The number of nitrogens with zero attached hydrogens (tertiary/aromatic N) is 1. The summed E-state index contributed by atoms with van der Waals surface area (Å²) in [6.07, 6.45) is -3.02. The summed E-state index contributed by atoms with van der Waals surface area (Å²) in [6, 6.07) is 1.25. The first-order valence-electron chi connectivity index (χ1n) is 6.79. The summed E-state index contributed by atoms with van der Waals surface area (Å²) in [4.78, 5) is 2.89. The number of hydrogen-bond acceptors (Lipinski definition) is 4. The molecule has 5 nitrogen and oxygen atoms in total. The van der Waals surface area contributed by atoms with Crippen molar-refractivity contribution in [1.82, 2.24) is 9.71 Å². The number of halogens is 3. The van der Waals surface area contributed by atoms with E-state index >= 15 is 0 Å². The van der Waals surface area contributed by atoms with Crippen LogP contribution in [0.5, 0.6) is 0 Å². The van der Waals surface area contributed by atoms with Crippen LogP contribution >= 0.6 is 0 Å². The van der Waals surface area contributed by atoms with E-state index in [2.05, 4.69) is 9.71 Å². The van der Waals surface area contributed by atoms with Crippen molar-refractivity contribution in [3.05, 3.63) is 24.0 Å². The lowest BCUT2D eigenvalue weighted by molar-refractivity contribution is -0.141. The lowest BCUT2D eigenvalue weighted by Crippen LogP contribution is -2.43. The molecule has 2 rings (SSSR count). The summed E-state index contributed by atoms with van der Waals surface area (Å²) in [6.45, 7) is 3.69. The maximum atomic E-state index is 12.4. The van der Waals surface area contributed by atoms with Crippen LogP contribution in [0.4, 0.5) is 13.2 Å². The number of pyridine rings is 1. The summed E-state index contributed by atoms with van der Waals surface area (Å²) in [7, 11) is -3.90. The molecule has 0 radical (unpaired) electrons. The van der Waals surface area contributed by atoms with Crippen LogP contribution in [-0.2, 0) is 20.9 Å². The highest BCUT2D eigenvalue weighted by atomic mass is 32.2. The van der Waals surface area contributed by atoms with Gasteiger partial charge in [-0.25, -0.2) is 13.1 Å². The molecule has 1 N–H and O–H groups in total. The fraction of sp³-hybridized carbons (Fsp3) is 0.615. The standard InChI is InChI=1S/C13H17F3N2O3S/c1-8-5-10(6-9(2)21-8)18-22(19,20)11-3-4-12(17-7-11)13(14,15)16/h3-4,7-10,18H,5-6H2,1-2H3/t8-,9-/m1/s1. The molecule has 1 aliphatic rings. The molecule has 0 aliphatic carbocycles.